The second-order valence-corrected chi connectivity index (χ2v) is 13.7. The topological polar surface area (TPSA) is 52.6 Å². The first-order valence-corrected chi connectivity index (χ1v) is 15.2. The third-order valence-corrected chi connectivity index (χ3v) is 12.7. The maximum atomic E-state index is 14.0. The second-order valence-electron chi connectivity index (χ2n) is 12.8. The second kappa shape index (κ2) is 9.06. The molecule has 0 aromatic heterocycles. The third kappa shape index (κ3) is 3.80. The lowest BCUT2D eigenvalue weighted by molar-refractivity contribution is -0.165. The smallest absolute Gasteiger partial charge is 0.302 e. The molecule has 5 unspecified atom stereocenters. The molecule has 0 spiro atoms. The van der Waals surface area contributed by atoms with Crippen LogP contribution in [0.1, 0.15) is 92.4 Å². The fourth-order valence-corrected chi connectivity index (χ4v) is 9.72. The van der Waals surface area contributed by atoms with Crippen LogP contribution in [0.3, 0.4) is 0 Å². The fourth-order valence-electron chi connectivity index (χ4n) is 9.28. The van der Waals surface area contributed by atoms with Crippen LogP contribution >= 0.6 is 22.6 Å². The van der Waals surface area contributed by atoms with Gasteiger partial charge in [0.15, 0.2) is 0 Å². The number of alkyl halides is 1. The molecule has 1 heterocycles. The molecule has 0 N–H and O–H groups in total. The highest BCUT2D eigenvalue weighted by atomic mass is 127. The molecular formula is C29H43IO4. The van der Waals surface area contributed by atoms with Crippen molar-refractivity contribution in [3.8, 4) is 0 Å². The van der Waals surface area contributed by atoms with Gasteiger partial charge in [-0.05, 0) is 92.4 Å². The lowest BCUT2D eigenvalue weighted by Gasteiger charge is -2.60. The molecule has 4 saturated carbocycles. The predicted molar refractivity (Wildman–Crippen MR) is 141 cm³/mol. The molecule has 5 rings (SSSR count). The Morgan fingerprint density at radius 2 is 1.97 bits per heavy atom. The van der Waals surface area contributed by atoms with Crippen molar-refractivity contribution < 1.29 is 19.1 Å². The van der Waals surface area contributed by atoms with Crippen molar-refractivity contribution in [2.75, 3.05) is 4.43 Å². The van der Waals surface area contributed by atoms with Gasteiger partial charge in [-0.2, -0.15) is 0 Å². The van der Waals surface area contributed by atoms with Gasteiger partial charge in [0.25, 0.3) is 0 Å². The zero-order chi connectivity index (χ0) is 24.4. The predicted octanol–water partition coefficient (Wildman–Crippen LogP) is 6.89. The molecule has 4 fully saturated rings. The minimum absolute atomic E-state index is 0.0667. The SMILES string of the molecule is CC(=O)O[C@H]1CC[C@@]2(C)C(CCC3C2CC(=O)[C@@]2(C)C3C[C@@H]3OC(CCC(C)CI)=C(C)[C@@H]32)C1. The Kier molecular flexibility index (Phi) is 6.68. The molecule has 0 bridgehead atoms. The van der Waals surface area contributed by atoms with Gasteiger partial charge in [0.05, 0.1) is 5.76 Å². The van der Waals surface area contributed by atoms with E-state index in [1.54, 1.807) is 0 Å². The Morgan fingerprint density at radius 1 is 1.21 bits per heavy atom. The first-order valence-electron chi connectivity index (χ1n) is 13.7. The highest BCUT2D eigenvalue weighted by Crippen LogP contribution is 2.68. The van der Waals surface area contributed by atoms with Crippen LogP contribution in [-0.2, 0) is 19.1 Å². The number of allylic oxidation sites excluding steroid dienone is 1. The number of hydrogen-bond acceptors (Lipinski definition) is 4. The van der Waals surface area contributed by atoms with Gasteiger partial charge >= 0.3 is 5.97 Å². The van der Waals surface area contributed by atoms with E-state index in [4.69, 9.17) is 9.47 Å². The molecule has 5 heteroatoms. The minimum Gasteiger partial charge on any atom is -0.494 e. The fraction of sp³-hybridized carbons (Fsp3) is 0.862. The number of fused-ring (bicyclic) bond motifs is 7. The van der Waals surface area contributed by atoms with Gasteiger partial charge in [-0.1, -0.05) is 43.4 Å². The summed E-state index contributed by atoms with van der Waals surface area (Å²) >= 11 is 2.48. The monoisotopic (exact) mass is 582 g/mol. The molecule has 190 valence electrons. The van der Waals surface area contributed by atoms with E-state index in [-0.39, 0.29) is 34.9 Å². The van der Waals surface area contributed by atoms with Crippen LogP contribution in [0.2, 0.25) is 0 Å². The molecule has 1 aliphatic heterocycles. The number of ketones is 1. The van der Waals surface area contributed by atoms with Crippen molar-refractivity contribution in [1.29, 1.82) is 0 Å². The summed E-state index contributed by atoms with van der Waals surface area (Å²) < 4.78 is 13.4. The first kappa shape index (κ1) is 25.1. The molecular weight excluding hydrogens is 539 g/mol. The number of halogens is 1. The van der Waals surface area contributed by atoms with Gasteiger partial charge < -0.3 is 9.47 Å². The highest BCUT2D eigenvalue weighted by molar-refractivity contribution is 14.1. The normalized spacial score (nSPS) is 46.2. The molecule has 4 aliphatic carbocycles. The van der Waals surface area contributed by atoms with E-state index in [0.29, 0.717) is 35.4 Å². The number of hydrogen-bond donors (Lipinski definition) is 0. The number of rotatable bonds is 5. The van der Waals surface area contributed by atoms with Crippen LogP contribution in [0.15, 0.2) is 11.3 Å². The van der Waals surface area contributed by atoms with E-state index < -0.39 is 0 Å². The summed E-state index contributed by atoms with van der Waals surface area (Å²) in [6, 6.07) is 0. The van der Waals surface area contributed by atoms with E-state index in [1.807, 2.05) is 0 Å². The van der Waals surface area contributed by atoms with E-state index in [1.165, 1.54) is 41.9 Å². The number of Topliss-reactive ketones (excluding diaryl/α,β-unsaturated/α-hetero) is 1. The summed E-state index contributed by atoms with van der Waals surface area (Å²) in [5.74, 6) is 4.63. The lowest BCUT2D eigenvalue weighted by atomic mass is 9.44. The molecule has 5 aliphatic rings. The Labute approximate surface area is 219 Å². The first-order chi connectivity index (χ1) is 16.1. The highest BCUT2D eigenvalue weighted by Gasteiger charge is 2.67. The standard InChI is InChI=1S/C29H43IO4/c1-16(15-30)6-9-24-17(2)27-25(34-24)13-23-21-8-7-19-12-20(33-18(3)31)10-11-28(19,4)22(21)14-26(32)29(23,27)5/h16,19-23,25,27H,6-15H2,1-5H3/t16?,19?,20-,21?,22?,23?,25-,27-,28-,29+/m0/s1. The summed E-state index contributed by atoms with van der Waals surface area (Å²) in [5.41, 5.74) is 1.31. The van der Waals surface area contributed by atoms with Crippen molar-refractivity contribution >= 4 is 34.3 Å². The molecule has 0 aromatic rings. The van der Waals surface area contributed by atoms with Gasteiger partial charge in [0.1, 0.15) is 18.0 Å². The van der Waals surface area contributed by atoms with Crippen LogP contribution in [0, 0.1) is 46.3 Å². The van der Waals surface area contributed by atoms with Crippen molar-refractivity contribution in [2.24, 2.45) is 46.3 Å². The average Bonchev–Trinajstić information content (AvgIpc) is 3.27. The van der Waals surface area contributed by atoms with E-state index in [9.17, 15) is 9.59 Å². The Balaban J connectivity index is 1.36. The number of carbonyl (C=O) groups is 2. The summed E-state index contributed by atoms with van der Waals surface area (Å²) in [5, 5.41) is 0. The molecule has 34 heavy (non-hydrogen) atoms. The maximum Gasteiger partial charge on any atom is 0.302 e. The average molecular weight is 583 g/mol. The van der Waals surface area contributed by atoms with Gasteiger partial charge in [0.2, 0.25) is 0 Å². The number of ether oxygens (including phenoxy) is 2. The van der Waals surface area contributed by atoms with E-state index in [0.717, 1.165) is 38.5 Å². The summed E-state index contributed by atoms with van der Waals surface area (Å²) in [6.07, 6.45) is 9.67. The minimum atomic E-state index is -0.259. The maximum absolute atomic E-state index is 14.0. The number of carbonyl (C=O) groups excluding carboxylic acids is 2. The third-order valence-electron chi connectivity index (χ3n) is 11.2. The Bertz CT molecular complexity index is 881. The summed E-state index contributed by atoms with van der Waals surface area (Å²) in [4.78, 5) is 25.6. The Hall–Kier alpha value is -0.590. The summed E-state index contributed by atoms with van der Waals surface area (Å²) in [6.45, 7) is 10.9. The quantitative estimate of drug-likeness (QED) is 0.201. The largest absolute Gasteiger partial charge is 0.494 e. The van der Waals surface area contributed by atoms with E-state index >= 15 is 0 Å². The van der Waals surface area contributed by atoms with Crippen LogP contribution < -0.4 is 0 Å². The molecule has 0 amide bonds. The molecule has 0 radical (unpaired) electrons. The van der Waals surface area contributed by atoms with Gasteiger partial charge in [0, 0.05) is 35.5 Å². The van der Waals surface area contributed by atoms with Crippen molar-refractivity contribution in [2.45, 2.75) is 105 Å². The molecule has 4 nitrogen and oxygen atoms in total. The van der Waals surface area contributed by atoms with Crippen LogP contribution in [0.5, 0.6) is 0 Å². The van der Waals surface area contributed by atoms with E-state index in [2.05, 4.69) is 50.3 Å². The Morgan fingerprint density at radius 3 is 2.68 bits per heavy atom. The van der Waals surface area contributed by atoms with Gasteiger partial charge in [-0.3, -0.25) is 9.59 Å². The zero-order valence-corrected chi connectivity index (χ0v) is 23.9. The van der Waals surface area contributed by atoms with Crippen LogP contribution in [0.4, 0.5) is 0 Å². The lowest BCUT2D eigenvalue weighted by Crippen LogP contribution is -2.57. The molecule has 0 aromatic carbocycles. The van der Waals surface area contributed by atoms with Crippen molar-refractivity contribution in [3.63, 3.8) is 0 Å². The summed E-state index contributed by atoms with van der Waals surface area (Å²) in [7, 11) is 0. The van der Waals surface area contributed by atoms with Crippen molar-refractivity contribution in [3.05, 3.63) is 11.3 Å². The van der Waals surface area contributed by atoms with Gasteiger partial charge in [-0.25, -0.2) is 0 Å². The molecule has 10 atom stereocenters. The van der Waals surface area contributed by atoms with Crippen molar-refractivity contribution in [1.82, 2.24) is 0 Å². The number of esters is 1. The van der Waals surface area contributed by atoms with Crippen LogP contribution in [-0.4, -0.2) is 28.4 Å². The molecule has 0 saturated heterocycles. The van der Waals surface area contributed by atoms with Crippen LogP contribution in [0.25, 0.3) is 0 Å². The van der Waals surface area contributed by atoms with Gasteiger partial charge in [-0.15, -0.1) is 0 Å². The zero-order valence-electron chi connectivity index (χ0n) is 21.7.